The number of nitrogens with zero attached hydrogens (tertiary/aromatic N) is 3. The van der Waals surface area contributed by atoms with Gasteiger partial charge in [0.2, 0.25) is 0 Å². The van der Waals surface area contributed by atoms with Crippen LogP contribution >= 0.6 is 0 Å². The Balaban J connectivity index is 1.01. The molecule has 1 heterocycles. The third-order valence-corrected chi connectivity index (χ3v) is 13.6. The lowest BCUT2D eigenvalue weighted by molar-refractivity contribution is 0.507. The summed E-state index contributed by atoms with van der Waals surface area (Å²) in [6.07, 6.45) is 4.41. The van der Waals surface area contributed by atoms with Crippen molar-refractivity contribution in [3.8, 4) is 16.8 Å². The van der Waals surface area contributed by atoms with Crippen molar-refractivity contribution in [1.82, 2.24) is 4.57 Å². The second-order valence-corrected chi connectivity index (χ2v) is 16.9. The summed E-state index contributed by atoms with van der Waals surface area (Å²) in [6.45, 7) is 0. The van der Waals surface area contributed by atoms with E-state index in [2.05, 4.69) is 239 Å². The summed E-state index contributed by atoms with van der Waals surface area (Å²) >= 11 is 0. The minimum absolute atomic E-state index is 0.0500. The molecular weight excluding hydrogens is 751 g/mol. The van der Waals surface area contributed by atoms with E-state index in [0.29, 0.717) is 0 Å². The van der Waals surface area contributed by atoms with Gasteiger partial charge in [0, 0.05) is 56.0 Å². The van der Waals surface area contributed by atoms with Crippen molar-refractivity contribution < 1.29 is 0 Å². The molecule has 3 nitrogen and oxygen atoms in total. The number of hydrogen-bond acceptors (Lipinski definition) is 2. The van der Waals surface area contributed by atoms with Crippen LogP contribution in [-0.2, 0) is 18.3 Å². The maximum Gasteiger partial charge on any atom is 0.0542 e. The molecule has 0 aliphatic heterocycles. The highest BCUT2D eigenvalue weighted by Gasteiger charge is 2.45. The van der Waals surface area contributed by atoms with Crippen molar-refractivity contribution in [3.63, 3.8) is 0 Å². The number of fused-ring (bicyclic) bond motifs is 7. The van der Waals surface area contributed by atoms with Gasteiger partial charge in [-0.05, 0) is 156 Å². The Morgan fingerprint density at radius 3 is 1.39 bits per heavy atom. The molecule has 1 aromatic heterocycles. The monoisotopic (exact) mass is 795 g/mol. The van der Waals surface area contributed by atoms with E-state index < -0.39 is 0 Å². The van der Waals surface area contributed by atoms with Crippen LogP contribution in [0, 0.1) is 0 Å². The third-order valence-electron chi connectivity index (χ3n) is 13.6. The first-order chi connectivity index (χ1) is 30.7. The summed E-state index contributed by atoms with van der Waals surface area (Å²) < 4.78 is 2.40. The van der Waals surface area contributed by atoms with Gasteiger partial charge in [-0.2, -0.15) is 0 Å². The highest BCUT2D eigenvalue weighted by atomic mass is 15.1. The predicted molar refractivity (Wildman–Crippen MR) is 259 cm³/mol. The molecule has 296 valence electrons. The van der Waals surface area contributed by atoms with E-state index in [1.54, 1.807) is 0 Å². The molecule has 0 radical (unpaired) electrons. The number of rotatable bonds is 8. The van der Waals surface area contributed by atoms with Crippen molar-refractivity contribution in [3.05, 3.63) is 247 Å². The van der Waals surface area contributed by atoms with Crippen LogP contribution in [0.1, 0.15) is 35.1 Å². The molecule has 62 heavy (non-hydrogen) atoms. The number of benzene rings is 9. The minimum atomic E-state index is -0.0500. The molecule has 0 saturated heterocycles. The minimum Gasteiger partial charge on any atom is -0.310 e. The van der Waals surface area contributed by atoms with Crippen LogP contribution in [-0.4, -0.2) is 4.57 Å². The lowest BCUT2D eigenvalue weighted by atomic mass is 9.76. The molecule has 2 aliphatic rings. The highest BCUT2D eigenvalue weighted by molar-refractivity contribution is 6.10. The maximum absolute atomic E-state index is 2.54. The molecule has 12 rings (SSSR count). The molecule has 2 aliphatic carbocycles. The fraction of sp³-hybridized carbons (Fsp3) is 0.0847. The van der Waals surface area contributed by atoms with Gasteiger partial charge in [-0.1, -0.05) is 127 Å². The fourth-order valence-corrected chi connectivity index (χ4v) is 10.7. The summed E-state index contributed by atoms with van der Waals surface area (Å²) in [7, 11) is 0. The van der Waals surface area contributed by atoms with Crippen LogP contribution in [0.3, 0.4) is 0 Å². The molecule has 0 saturated carbocycles. The first-order valence-electron chi connectivity index (χ1n) is 21.9. The lowest BCUT2D eigenvalue weighted by Crippen LogP contribution is -2.22. The van der Waals surface area contributed by atoms with Crippen molar-refractivity contribution in [2.75, 3.05) is 9.80 Å². The van der Waals surface area contributed by atoms with Crippen molar-refractivity contribution >= 4 is 55.9 Å². The van der Waals surface area contributed by atoms with E-state index in [9.17, 15) is 0 Å². The Morgan fingerprint density at radius 1 is 0.339 bits per heavy atom. The second-order valence-electron chi connectivity index (χ2n) is 16.9. The molecule has 10 aromatic rings. The third kappa shape index (κ3) is 5.96. The molecule has 0 unspecified atom stereocenters. The molecule has 1 atom stereocenters. The molecule has 0 fully saturated rings. The van der Waals surface area contributed by atoms with Gasteiger partial charge in [0.05, 0.1) is 11.0 Å². The molecule has 0 amide bonds. The van der Waals surface area contributed by atoms with Crippen LogP contribution in [0.4, 0.5) is 34.1 Å². The summed E-state index contributed by atoms with van der Waals surface area (Å²) in [6, 6.07) is 82.5. The van der Waals surface area contributed by atoms with Gasteiger partial charge in [-0.25, -0.2) is 0 Å². The average molecular weight is 796 g/mol. The molecule has 0 bridgehead atoms. The number of para-hydroxylation sites is 4. The van der Waals surface area contributed by atoms with Gasteiger partial charge >= 0.3 is 0 Å². The molecule has 9 aromatic carbocycles. The van der Waals surface area contributed by atoms with Crippen LogP contribution in [0.2, 0.25) is 0 Å². The largest absolute Gasteiger partial charge is 0.310 e. The van der Waals surface area contributed by atoms with Crippen molar-refractivity contribution in [2.24, 2.45) is 0 Å². The first-order valence-corrected chi connectivity index (χ1v) is 21.9. The van der Waals surface area contributed by atoms with Crippen molar-refractivity contribution in [2.45, 2.75) is 31.1 Å². The van der Waals surface area contributed by atoms with Crippen LogP contribution in [0.5, 0.6) is 0 Å². The van der Waals surface area contributed by atoms with E-state index in [1.165, 1.54) is 72.2 Å². The number of anilines is 6. The van der Waals surface area contributed by atoms with E-state index in [1.807, 2.05) is 0 Å². The maximum atomic E-state index is 2.54. The van der Waals surface area contributed by atoms with Crippen LogP contribution < -0.4 is 9.80 Å². The van der Waals surface area contributed by atoms with Gasteiger partial charge in [0.15, 0.2) is 0 Å². The van der Waals surface area contributed by atoms with E-state index in [0.717, 1.165) is 48.4 Å². The zero-order chi connectivity index (χ0) is 41.0. The Bertz CT molecular complexity index is 3180. The number of hydrogen-bond donors (Lipinski definition) is 0. The molecule has 1 spiro atoms. The van der Waals surface area contributed by atoms with Gasteiger partial charge in [0.25, 0.3) is 0 Å². The Labute approximate surface area is 363 Å². The van der Waals surface area contributed by atoms with Crippen LogP contribution in [0.25, 0.3) is 38.6 Å². The summed E-state index contributed by atoms with van der Waals surface area (Å²) in [5.41, 5.74) is 18.9. The summed E-state index contributed by atoms with van der Waals surface area (Å²) in [4.78, 5) is 4.89. The quantitative estimate of drug-likeness (QED) is 0.152. The van der Waals surface area contributed by atoms with Gasteiger partial charge in [-0.15, -0.1) is 0 Å². The summed E-state index contributed by atoms with van der Waals surface area (Å²) in [5.74, 6) is 0. The number of aryl methyl sites for hydroxylation is 2. The van der Waals surface area contributed by atoms with Gasteiger partial charge < -0.3 is 14.4 Å². The predicted octanol–water partition coefficient (Wildman–Crippen LogP) is 15.6. The normalized spacial score (nSPS) is 15.2. The summed E-state index contributed by atoms with van der Waals surface area (Å²) in [5, 5.41) is 2.49. The topological polar surface area (TPSA) is 11.4 Å². The Kier molecular flexibility index (Phi) is 8.67. The smallest absolute Gasteiger partial charge is 0.0542 e. The average Bonchev–Trinajstić information content (AvgIpc) is 4.02. The Hall–Kier alpha value is -7.62. The van der Waals surface area contributed by atoms with Crippen LogP contribution in [0.15, 0.2) is 224 Å². The lowest BCUT2D eigenvalue weighted by Gasteiger charge is -2.31. The zero-order valence-corrected chi connectivity index (χ0v) is 34.5. The molecular formula is C59H45N3. The number of aromatic nitrogens is 1. The van der Waals surface area contributed by atoms with E-state index in [-0.39, 0.29) is 5.41 Å². The second kappa shape index (κ2) is 14.8. The standard InChI is InChI=1S/C59H45N3/c1-5-15-42(16-6-1)43-25-29-49(30-26-43)61(50-33-34-58-54(39-50)53-23-13-14-24-57(53)62(58)48-21-11-4-12-22-48)52-32-28-45-36-38-59(56(45)41-52)37-35-44-27-31-51(40-55(44)59)60(46-17-7-2-8-18-46)47-19-9-3-10-20-47/h1-34,39-41H,35-38H2/t59-/m1/s1. The SMILES string of the molecule is c1ccc(-c2ccc(N(c3ccc4c(c3)[C@]3(CCc5ccc(N(c6ccccc6)c6ccccc6)cc53)CC4)c3ccc4c(c3)c3ccccc3n4-c3ccccc3)cc2)cc1. The molecule has 3 heteroatoms. The van der Waals surface area contributed by atoms with Gasteiger partial charge in [-0.3, -0.25) is 0 Å². The molecule has 0 N–H and O–H groups in total. The van der Waals surface area contributed by atoms with Gasteiger partial charge in [0.1, 0.15) is 0 Å². The first kappa shape index (κ1) is 36.2. The highest BCUT2D eigenvalue weighted by Crippen LogP contribution is 2.55. The Morgan fingerprint density at radius 2 is 0.774 bits per heavy atom. The zero-order valence-electron chi connectivity index (χ0n) is 34.5. The van der Waals surface area contributed by atoms with Crippen molar-refractivity contribution in [1.29, 1.82) is 0 Å². The fourth-order valence-electron chi connectivity index (χ4n) is 10.7. The van der Waals surface area contributed by atoms with E-state index in [4.69, 9.17) is 0 Å². The van der Waals surface area contributed by atoms with E-state index >= 15 is 0 Å².